The normalized spacial score (nSPS) is 18.2. The fourth-order valence-electron chi connectivity index (χ4n) is 6.73. The van der Waals surface area contributed by atoms with Crippen molar-refractivity contribution in [3.63, 3.8) is 0 Å². The van der Waals surface area contributed by atoms with Gasteiger partial charge >= 0.3 is 8.25 Å². The van der Waals surface area contributed by atoms with Crippen LogP contribution >= 0.6 is 8.25 Å². The van der Waals surface area contributed by atoms with Crippen molar-refractivity contribution in [2.24, 2.45) is 5.92 Å². The second kappa shape index (κ2) is 20.1. The number of anilines is 1. The minimum Gasteiger partial charge on any atom is -0.566 e. The van der Waals surface area contributed by atoms with E-state index in [0.717, 1.165) is 0 Å². The predicted molar refractivity (Wildman–Crippen MR) is 214 cm³/mol. The molecule has 1 fully saturated rings. The Kier molecular flexibility index (Phi) is 15.2. The summed E-state index contributed by atoms with van der Waals surface area (Å²) < 4.78 is 58.3. The molecule has 1 aliphatic heterocycles. The molecule has 0 spiro atoms. The maximum atomic E-state index is 16.4. The summed E-state index contributed by atoms with van der Waals surface area (Å²) in [5.74, 6) is 0.204. The number of nitrogens with one attached hydrogen (secondary N) is 3. The topological polar surface area (TPSA) is 183 Å². The van der Waals surface area contributed by atoms with Crippen molar-refractivity contribution in [3.05, 3.63) is 112 Å². The van der Waals surface area contributed by atoms with Gasteiger partial charge in [0, 0.05) is 5.92 Å². The molecule has 0 radical (unpaired) electrons. The van der Waals surface area contributed by atoms with E-state index in [-0.39, 0.29) is 17.1 Å². The number of benzene rings is 3. The van der Waals surface area contributed by atoms with Crippen LogP contribution in [-0.4, -0.2) is 84.3 Å². The molecule has 1 aliphatic rings. The van der Waals surface area contributed by atoms with Crippen molar-refractivity contribution in [2.45, 2.75) is 64.8 Å². The number of fused-ring (bicyclic) bond motifs is 1. The van der Waals surface area contributed by atoms with E-state index in [4.69, 9.17) is 23.5 Å². The van der Waals surface area contributed by atoms with Gasteiger partial charge in [-0.3, -0.25) is 24.5 Å². The van der Waals surface area contributed by atoms with Crippen LogP contribution in [0.5, 0.6) is 11.5 Å². The van der Waals surface area contributed by atoms with Gasteiger partial charge in [0.05, 0.1) is 46.8 Å². The molecule has 0 bridgehead atoms. The first-order valence-electron chi connectivity index (χ1n) is 19.1. The molecular formula is C41H51FN6O9P+. The highest BCUT2D eigenvalue weighted by Gasteiger charge is 2.52. The standard InChI is InChI=1S/C35H35FN5O9P.C6H15N/c1-20(2)31(42)39-34-38-30-28(32(43)40-34)37-19-41(30)33-29(50-51(44)45)27(36)26(49-33)18-48-35(21-8-6-5-7-9-21,22-10-14-24(46-3)15-11-22)23-12-16-25(47-4)17-13-23;1-4-7(5-2)6-3/h5-17,19-20,26-27,29,33H,18H2,1-4H3,(H2,38,39,40,42,43);4-6H2,1-3H3/p+1/t26-,27+,29-,33-;/m1./s1. The summed E-state index contributed by atoms with van der Waals surface area (Å²) in [6, 6.07) is 23.8. The molecule has 6 rings (SSSR count). The molecule has 3 heterocycles. The maximum absolute atomic E-state index is 16.4. The molecule has 0 aliphatic carbocycles. The smallest absolute Gasteiger partial charge is 0.489 e. The van der Waals surface area contributed by atoms with E-state index in [1.807, 2.05) is 54.6 Å². The van der Waals surface area contributed by atoms with Crippen molar-refractivity contribution < 1.29 is 47.0 Å². The Morgan fingerprint density at radius 2 is 1.52 bits per heavy atom. The fraction of sp³-hybridized carbons (Fsp3) is 0.415. The number of imidazole rings is 1. The van der Waals surface area contributed by atoms with E-state index >= 15 is 4.39 Å². The van der Waals surface area contributed by atoms with Crippen LogP contribution in [0.4, 0.5) is 10.3 Å². The first-order chi connectivity index (χ1) is 27.9. The zero-order chi connectivity index (χ0) is 42.0. The van der Waals surface area contributed by atoms with Crippen molar-refractivity contribution >= 4 is 31.3 Å². The lowest BCUT2D eigenvalue weighted by Gasteiger charge is -2.37. The number of nitrogens with zero attached hydrogens (tertiary/aromatic N) is 3. The summed E-state index contributed by atoms with van der Waals surface area (Å²) in [7, 11) is -0.436. The van der Waals surface area contributed by atoms with Crippen molar-refractivity contribution in [2.75, 3.05) is 45.8 Å². The number of aromatic amines is 1. The molecule has 3 N–H and O–H groups in total. The number of hydrogen-bond acceptors (Lipinski definition) is 11. The van der Waals surface area contributed by atoms with E-state index in [1.165, 1.54) is 30.5 Å². The highest BCUT2D eigenvalue weighted by molar-refractivity contribution is 7.30. The Morgan fingerprint density at radius 1 is 0.966 bits per heavy atom. The van der Waals surface area contributed by atoms with Crippen molar-refractivity contribution in [1.29, 1.82) is 0 Å². The Hall–Kier alpha value is -5.09. The van der Waals surface area contributed by atoms with E-state index in [0.29, 0.717) is 28.2 Å². The van der Waals surface area contributed by atoms with E-state index in [2.05, 4.69) is 41.0 Å². The quantitative estimate of drug-likeness (QED) is 0.0953. The average molecular weight is 822 g/mol. The van der Waals surface area contributed by atoms with Crippen LogP contribution in [0.25, 0.3) is 11.2 Å². The summed E-state index contributed by atoms with van der Waals surface area (Å²) in [5.41, 5.74) is -0.196. The van der Waals surface area contributed by atoms with Gasteiger partial charge in [-0.1, -0.05) is 68.4 Å². The van der Waals surface area contributed by atoms with Gasteiger partial charge in [0.2, 0.25) is 11.9 Å². The number of H-pyrrole nitrogens is 1. The number of methoxy groups -OCH3 is 2. The van der Waals surface area contributed by atoms with Crippen LogP contribution in [0.2, 0.25) is 0 Å². The number of halogens is 1. The van der Waals surface area contributed by atoms with Gasteiger partial charge in [0.1, 0.15) is 23.2 Å². The predicted octanol–water partition coefficient (Wildman–Crippen LogP) is 4.31. The monoisotopic (exact) mass is 821 g/mol. The Morgan fingerprint density at radius 3 is 2.00 bits per heavy atom. The number of amides is 1. The molecule has 15 nitrogen and oxygen atoms in total. The molecule has 58 heavy (non-hydrogen) atoms. The second-order valence-corrected chi connectivity index (χ2v) is 14.5. The number of alkyl halides is 1. The number of rotatable bonds is 16. The SMILES string of the molecule is CC[NH+](CC)CC.COc1ccc(C(OC[C@H]2O[C@@H](n3cnc4c(=O)[nH]c(NC(=O)C(C)C)nc43)[C@H](O[P+](=O)[O-])[C@H]2F)(c2ccccc2)c2ccc(OC)cc2)cc1. The van der Waals surface area contributed by atoms with Gasteiger partial charge in [0.25, 0.3) is 5.56 Å². The van der Waals surface area contributed by atoms with Crippen LogP contribution in [0.1, 0.15) is 57.5 Å². The number of aromatic nitrogens is 4. The summed E-state index contributed by atoms with van der Waals surface area (Å²) in [5, 5.41) is 2.52. The lowest BCUT2D eigenvalue weighted by molar-refractivity contribution is -0.894. The van der Waals surface area contributed by atoms with Crippen LogP contribution in [-0.2, 0) is 29.0 Å². The fourth-order valence-corrected chi connectivity index (χ4v) is 7.15. The van der Waals surface area contributed by atoms with E-state index in [1.54, 1.807) is 57.2 Å². The van der Waals surface area contributed by atoms with Gasteiger partial charge in [0.15, 0.2) is 29.7 Å². The second-order valence-electron chi connectivity index (χ2n) is 13.8. The molecular weight excluding hydrogens is 770 g/mol. The zero-order valence-electron chi connectivity index (χ0n) is 33.6. The number of hydrogen-bond donors (Lipinski definition) is 3. The lowest BCUT2D eigenvalue weighted by atomic mass is 9.80. The molecule has 0 saturated carbocycles. The molecule has 2 aromatic heterocycles. The lowest BCUT2D eigenvalue weighted by Crippen LogP contribution is -3.11. The Balaban J connectivity index is 0.000000839. The summed E-state index contributed by atoms with van der Waals surface area (Å²) in [6.45, 7) is 13.4. The summed E-state index contributed by atoms with van der Waals surface area (Å²) in [6.07, 6.45) is -5.42. The molecule has 5 aromatic rings. The van der Waals surface area contributed by atoms with Gasteiger partial charge in [-0.25, -0.2) is 9.37 Å². The Labute approximate surface area is 337 Å². The van der Waals surface area contributed by atoms with Gasteiger partial charge < -0.3 is 28.7 Å². The number of carbonyl (C=O) groups is 1. The third-order valence-corrected chi connectivity index (χ3v) is 10.5. The number of ether oxygens (including phenoxy) is 4. The van der Waals surface area contributed by atoms with Gasteiger partial charge in [-0.2, -0.15) is 4.98 Å². The van der Waals surface area contributed by atoms with Crippen LogP contribution in [0.3, 0.4) is 0 Å². The van der Waals surface area contributed by atoms with Crippen molar-refractivity contribution in [1.82, 2.24) is 19.5 Å². The minimum absolute atomic E-state index is 0.0959. The average Bonchev–Trinajstić information content (AvgIpc) is 3.79. The third-order valence-electron chi connectivity index (χ3n) is 10.1. The third kappa shape index (κ3) is 9.77. The molecule has 5 atom stereocenters. The van der Waals surface area contributed by atoms with Crippen molar-refractivity contribution in [3.8, 4) is 11.5 Å². The highest BCUT2D eigenvalue weighted by Crippen LogP contribution is 2.44. The molecule has 3 aromatic carbocycles. The maximum Gasteiger partial charge on any atom is 0.489 e. The zero-order valence-corrected chi connectivity index (χ0v) is 34.5. The molecule has 17 heteroatoms. The highest BCUT2D eigenvalue weighted by atomic mass is 31.1. The summed E-state index contributed by atoms with van der Waals surface area (Å²) >= 11 is 0. The largest absolute Gasteiger partial charge is 0.566 e. The van der Waals surface area contributed by atoms with E-state index in [9.17, 15) is 19.0 Å². The van der Waals surface area contributed by atoms with Crippen LogP contribution in [0, 0.1) is 5.92 Å². The van der Waals surface area contributed by atoms with Crippen LogP contribution in [0.15, 0.2) is 90.0 Å². The minimum atomic E-state index is -3.55. The molecule has 310 valence electrons. The molecule has 1 unspecified atom stereocenters. The Bertz CT molecular complexity index is 2110. The van der Waals surface area contributed by atoms with Crippen LogP contribution < -0.4 is 30.1 Å². The van der Waals surface area contributed by atoms with E-state index < -0.39 is 62.5 Å². The number of quaternary nitrogens is 1. The summed E-state index contributed by atoms with van der Waals surface area (Å²) in [4.78, 5) is 49.6. The van der Waals surface area contributed by atoms with Gasteiger partial charge in [-0.15, -0.1) is 4.52 Å². The number of carbonyl (C=O) groups excluding carboxylic acids is 1. The molecule has 1 amide bonds. The first kappa shape index (κ1) is 44.0. The van der Waals surface area contributed by atoms with Gasteiger partial charge in [-0.05, 0) is 66.3 Å². The molecule has 1 saturated heterocycles. The first-order valence-corrected chi connectivity index (χ1v) is 20.2.